The molecule has 0 saturated carbocycles. The molecule has 0 spiro atoms. The van der Waals surface area contributed by atoms with Crippen molar-refractivity contribution in [2.24, 2.45) is 0 Å². The average molecular weight is 952 g/mol. The lowest BCUT2D eigenvalue weighted by Gasteiger charge is -2.26. The predicted octanol–water partition coefficient (Wildman–Crippen LogP) is 19.9. The van der Waals surface area contributed by atoms with Gasteiger partial charge in [-0.15, -0.1) is 0 Å². The molecule has 0 aliphatic heterocycles. The minimum atomic E-state index is -0.218. The van der Waals surface area contributed by atoms with Gasteiger partial charge in [0.25, 0.3) is 0 Å². The van der Waals surface area contributed by atoms with Gasteiger partial charge in [-0.3, -0.25) is 0 Å². The van der Waals surface area contributed by atoms with Gasteiger partial charge < -0.3 is 33.2 Å². The molecular formula is C60H118O7. The Hall–Kier alpha value is -1.44. The molecule has 7 nitrogen and oxygen atoms in total. The third-order valence-corrected chi connectivity index (χ3v) is 13.0. The van der Waals surface area contributed by atoms with Gasteiger partial charge in [0.15, 0.2) is 25.1 Å². The normalized spacial score (nSPS) is 13.4. The van der Waals surface area contributed by atoms with Crippen LogP contribution in [0.3, 0.4) is 0 Å². The molecule has 0 aromatic rings. The Morgan fingerprint density at radius 2 is 0.522 bits per heavy atom. The molecule has 7 heteroatoms. The lowest BCUT2D eigenvalue weighted by atomic mass is 10.0. The van der Waals surface area contributed by atoms with Gasteiger partial charge in [0, 0.05) is 12.8 Å². The van der Waals surface area contributed by atoms with E-state index < -0.39 is 0 Å². The molecule has 0 rings (SSSR count). The Bertz CT molecular complexity index is 963. The van der Waals surface area contributed by atoms with Gasteiger partial charge in [0.1, 0.15) is 23.7 Å². The summed E-state index contributed by atoms with van der Waals surface area (Å²) in [6, 6.07) is 0. The number of hydrogen-bond acceptors (Lipinski definition) is 7. The zero-order chi connectivity index (χ0) is 48.9. The molecule has 0 aliphatic carbocycles. The lowest BCUT2D eigenvalue weighted by Crippen LogP contribution is -2.25. The van der Waals surface area contributed by atoms with Crippen LogP contribution in [0, 0.1) is 0 Å². The summed E-state index contributed by atoms with van der Waals surface area (Å²) in [6.07, 6.45) is 46.9. The van der Waals surface area contributed by atoms with Crippen molar-refractivity contribution in [3.8, 4) is 0 Å². The third kappa shape index (κ3) is 40.9. The van der Waals surface area contributed by atoms with Crippen LogP contribution in [0.1, 0.15) is 312 Å². The van der Waals surface area contributed by atoms with E-state index in [-0.39, 0.29) is 25.8 Å². The minimum Gasteiger partial charge on any atom is -0.494 e. The highest BCUT2D eigenvalue weighted by molar-refractivity contribution is 5.09. The smallest absolute Gasteiger partial charge is 0.162 e. The highest BCUT2D eigenvalue weighted by Gasteiger charge is 2.25. The third-order valence-electron chi connectivity index (χ3n) is 13.0. The first-order valence-electron chi connectivity index (χ1n) is 29.9. The van der Waals surface area contributed by atoms with Crippen LogP contribution in [0.15, 0.2) is 23.0 Å². The fourth-order valence-electron chi connectivity index (χ4n) is 8.72. The van der Waals surface area contributed by atoms with Crippen LogP contribution >= 0.6 is 0 Å². The number of hydrogen-bond donors (Lipinski definition) is 0. The van der Waals surface area contributed by atoms with E-state index in [9.17, 15) is 0 Å². The monoisotopic (exact) mass is 951 g/mol. The highest BCUT2D eigenvalue weighted by Crippen LogP contribution is 2.28. The van der Waals surface area contributed by atoms with Crippen molar-refractivity contribution in [3.05, 3.63) is 23.0 Å². The van der Waals surface area contributed by atoms with Crippen molar-refractivity contribution >= 4 is 0 Å². The Balaban J connectivity index is 6.47. The standard InChI is InChI=1S/C60H118O7/c1-9-17-23-29-31-33-39-47-57(59(64-51-43-37-27-21-13-5)55(45-15-7)62-49-41-35-25-19-11-3)66-53-61-54-67-58(48-40-34-32-30-24-18-10-2)60(65-52-44-38-28-22-14-6)56(46-16-8)63-50-42-36-26-20-12-4/h57-58H,9-54H2,1-8H3. The fourth-order valence-corrected chi connectivity index (χ4v) is 8.72. The molecule has 0 aromatic heterocycles. The molecule has 0 saturated heterocycles. The molecule has 0 fully saturated rings. The summed E-state index contributed by atoms with van der Waals surface area (Å²) in [5.74, 6) is 3.79. The van der Waals surface area contributed by atoms with E-state index in [1.165, 1.54) is 180 Å². The second kappa shape index (κ2) is 53.9. The van der Waals surface area contributed by atoms with Gasteiger partial charge in [-0.05, 0) is 51.4 Å². The van der Waals surface area contributed by atoms with E-state index in [0.717, 1.165) is 113 Å². The molecule has 0 radical (unpaired) electrons. The van der Waals surface area contributed by atoms with Crippen LogP contribution < -0.4 is 0 Å². The van der Waals surface area contributed by atoms with Crippen molar-refractivity contribution in [3.63, 3.8) is 0 Å². The van der Waals surface area contributed by atoms with E-state index in [1.807, 2.05) is 0 Å². The molecule has 400 valence electrons. The Kier molecular flexibility index (Phi) is 52.7. The molecule has 0 heterocycles. The molecule has 67 heavy (non-hydrogen) atoms. The second-order valence-corrected chi connectivity index (χ2v) is 19.7. The summed E-state index contributed by atoms with van der Waals surface area (Å²) in [6.45, 7) is 21.3. The summed E-state index contributed by atoms with van der Waals surface area (Å²) in [4.78, 5) is 0. The van der Waals surface area contributed by atoms with Gasteiger partial charge in [-0.25, -0.2) is 0 Å². The lowest BCUT2D eigenvalue weighted by molar-refractivity contribution is -0.167. The van der Waals surface area contributed by atoms with Crippen molar-refractivity contribution in [1.82, 2.24) is 0 Å². The largest absolute Gasteiger partial charge is 0.494 e. The van der Waals surface area contributed by atoms with Crippen LogP contribution in [-0.4, -0.2) is 52.2 Å². The van der Waals surface area contributed by atoms with Crippen molar-refractivity contribution < 1.29 is 33.2 Å². The Labute approximate surface area is 419 Å². The highest BCUT2D eigenvalue weighted by atomic mass is 16.7. The fraction of sp³-hybridized carbons (Fsp3) is 0.933. The van der Waals surface area contributed by atoms with Gasteiger partial charge in [0.2, 0.25) is 0 Å². The summed E-state index contributed by atoms with van der Waals surface area (Å²) < 4.78 is 46.8. The van der Waals surface area contributed by atoms with Crippen LogP contribution in [0.2, 0.25) is 0 Å². The molecule has 0 aromatic carbocycles. The maximum absolute atomic E-state index is 6.80. The van der Waals surface area contributed by atoms with Gasteiger partial charge >= 0.3 is 0 Å². The number of unbranched alkanes of at least 4 members (excludes halogenated alkanes) is 28. The molecule has 2 unspecified atom stereocenters. The van der Waals surface area contributed by atoms with Crippen molar-refractivity contribution in [2.75, 3.05) is 40.0 Å². The molecule has 0 aliphatic rings. The predicted molar refractivity (Wildman–Crippen MR) is 288 cm³/mol. The van der Waals surface area contributed by atoms with E-state index in [1.54, 1.807) is 0 Å². The van der Waals surface area contributed by atoms with Crippen molar-refractivity contribution in [2.45, 2.75) is 324 Å². The van der Waals surface area contributed by atoms with Gasteiger partial charge in [0.05, 0.1) is 26.4 Å². The average Bonchev–Trinajstić information content (AvgIpc) is 3.33. The summed E-state index contributed by atoms with van der Waals surface area (Å²) in [7, 11) is 0. The van der Waals surface area contributed by atoms with Crippen LogP contribution in [0.25, 0.3) is 0 Å². The van der Waals surface area contributed by atoms with E-state index >= 15 is 0 Å². The number of rotatable bonds is 56. The first-order chi connectivity index (χ1) is 33.1. The first kappa shape index (κ1) is 65.6. The Morgan fingerprint density at radius 3 is 0.806 bits per heavy atom. The minimum absolute atomic E-state index is 0.137. The molecular weight excluding hydrogens is 833 g/mol. The molecule has 2 atom stereocenters. The maximum atomic E-state index is 6.80. The quantitative estimate of drug-likeness (QED) is 0.0342. The van der Waals surface area contributed by atoms with Gasteiger partial charge in [-0.2, -0.15) is 0 Å². The topological polar surface area (TPSA) is 64.6 Å². The van der Waals surface area contributed by atoms with Gasteiger partial charge in [-0.1, -0.05) is 248 Å². The first-order valence-corrected chi connectivity index (χ1v) is 29.9. The van der Waals surface area contributed by atoms with E-state index in [4.69, 9.17) is 33.2 Å². The second-order valence-electron chi connectivity index (χ2n) is 19.7. The summed E-state index contributed by atoms with van der Waals surface area (Å²) in [5.41, 5.74) is 0. The summed E-state index contributed by atoms with van der Waals surface area (Å²) >= 11 is 0. The summed E-state index contributed by atoms with van der Waals surface area (Å²) in [5, 5.41) is 0. The van der Waals surface area contributed by atoms with Crippen LogP contribution in [0.4, 0.5) is 0 Å². The van der Waals surface area contributed by atoms with E-state index in [2.05, 4.69) is 55.4 Å². The van der Waals surface area contributed by atoms with Crippen molar-refractivity contribution in [1.29, 1.82) is 0 Å². The maximum Gasteiger partial charge on any atom is 0.162 e. The number of allylic oxidation sites excluding steroid dienone is 2. The molecule has 0 N–H and O–H groups in total. The Morgan fingerprint density at radius 1 is 0.269 bits per heavy atom. The SMILES string of the molecule is CCCCCCCCCC(OCOCOC(CCCCCCCCC)C(OCCCCCCC)=C(CCC)OCCCCCCC)C(OCCCCCCC)=C(CCC)OCCCCCCC. The van der Waals surface area contributed by atoms with E-state index in [0.29, 0.717) is 13.2 Å². The van der Waals surface area contributed by atoms with Crippen LogP contribution in [-0.2, 0) is 33.2 Å². The number of ether oxygens (including phenoxy) is 7. The molecule has 0 bridgehead atoms. The zero-order valence-electron chi connectivity index (χ0n) is 46.5. The zero-order valence-corrected chi connectivity index (χ0v) is 46.5. The molecule has 0 amide bonds. The van der Waals surface area contributed by atoms with Crippen LogP contribution in [0.5, 0.6) is 0 Å².